The van der Waals surface area contributed by atoms with Gasteiger partial charge < -0.3 is 4.74 Å². The van der Waals surface area contributed by atoms with Crippen molar-refractivity contribution >= 4 is 24.2 Å². The first kappa shape index (κ1) is 14.3. The monoisotopic (exact) mass is 296 g/mol. The number of ether oxygens (including phenoxy) is 1. The highest BCUT2D eigenvalue weighted by atomic mass is 35.5. The van der Waals surface area contributed by atoms with Crippen LogP contribution in [0.15, 0.2) is 23.1 Å². The fraction of sp³-hybridized carbons (Fsp3) is 0.357. The molecule has 2 aromatic rings. The largest absolute Gasteiger partial charge is 0.491 e. The molecule has 0 amide bonds. The SMILES string of the molecule is Cc1cc(-c2nn(C)c(Cl)c2S)ccc1OC(C)C. The third-order valence-corrected chi connectivity index (χ3v) is 3.75. The molecule has 0 aliphatic carbocycles. The quantitative estimate of drug-likeness (QED) is 0.863. The summed E-state index contributed by atoms with van der Waals surface area (Å²) in [7, 11) is 1.80. The zero-order chi connectivity index (χ0) is 14.2. The molecule has 5 heteroatoms. The Morgan fingerprint density at radius 3 is 2.53 bits per heavy atom. The van der Waals surface area contributed by atoms with E-state index < -0.39 is 0 Å². The maximum Gasteiger partial charge on any atom is 0.140 e. The minimum Gasteiger partial charge on any atom is -0.491 e. The molecule has 102 valence electrons. The molecule has 0 fully saturated rings. The number of hydrogen-bond donors (Lipinski definition) is 1. The van der Waals surface area contributed by atoms with Gasteiger partial charge in [0, 0.05) is 12.6 Å². The number of aryl methyl sites for hydroxylation is 2. The van der Waals surface area contributed by atoms with Crippen molar-refractivity contribution in [2.75, 3.05) is 0 Å². The summed E-state index contributed by atoms with van der Waals surface area (Å²) in [6.07, 6.45) is 0.161. The number of halogens is 1. The van der Waals surface area contributed by atoms with E-state index in [4.69, 9.17) is 16.3 Å². The van der Waals surface area contributed by atoms with E-state index in [0.29, 0.717) is 10.0 Å². The fourth-order valence-electron chi connectivity index (χ4n) is 1.87. The number of benzene rings is 1. The van der Waals surface area contributed by atoms with E-state index in [-0.39, 0.29) is 6.10 Å². The van der Waals surface area contributed by atoms with Crippen LogP contribution >= 0.6 is 24.2 Å². The number of rotatable bonds is 3. The number of nitrogens with zero attached hydrogens (tertiary/aromatic N) is 2. The highest BCUT2D eigenvalue weighted by Gasteiger charge is 2.14. The van der Waals surface area contributed by atoms with E-state index in [0.717, 1.165) is 22.6 Å². The molecule has 0 aliphatic rings. The van der Waals surface area contributed by atoms with Crippen LogP contribution in [0.1, 0.15) is 19.4 Å². The van der Waals surface area contributed by atoms with Gasteiger partial charge in [-0.15, -0.1) is 12.6 Å². The van der Waals surface area contributed by atoms with Crippen LogP contribution in [0.5, 0.6) is 5.75 Å². The first-order chi connectivity index (χ1) is 8.90. The predicted molar refractivity (Wildman–Crippen MR) is 81.4 cm³/mol. The Kier molecular flexibility index (Phi) is 4.11. The molecule has 0 saturated carbocycles. The van der Waals surface area contributed by atoms with Gasteiger partial charge in [-0.3, -0.25) is 4.68 Å². The Morgan fingerprint density at radius 1 is 1.37 bits per heavy atom. The van der Waals surface area contributed by atoms with Crippen molar-refractivity contribution < 1.29 is 4.74 Å². The van der Waals surface area contributed by atoms with Gasteiger partial charge >= 0.3 is 0 Å². The molecule has 0 saturated heterocycles. The average molecular weight is 297 g/mol. The summed E-state index contributed by atoms with van der Waals surface area (Å²) in [5.41, 5.74) is 2.84. The molecule has 1 aromatic heterocycles. The first-order valence-electron chi connectivity index (χ1n) is 6.09. The van der Waals surface area contributed by atoms with Crippen molar-refractivity contribution in [3.05, 3.63) is 28.9 Å². The van der Waals surface area contributed by atoms with Gasteiger partial charge in [0.25, 0.3) is 0 Å². The van der Waals surface area contributed by atoms with Crippen LogP contribution in [0.3, 0.4) is 0 Å². The molecule has 19 heavy (non-hydrogen) atoms. The first-order valence-corrected chi connectivity index (χ1v) is 6.91. The van der Waals surface area contributed by atoms with Gasteiger partial charge in [0.05, 0.1) is 11.0 Å². The van der Waals surface area contributed by atoms with Crippen molar-refractivity contribution in [2.45, 2.75) is 31.8 Å². The molecule has 1 heterocycles. The highest BCUT2D eigenvalue weighted by Crippen LogP contribution is 2.33. The van der Waals surface area contributed by atoms with Gasteiger partial charge in [-0.1, -0.05) is 11.6 Å². The van der Waals surface area contributed by atoms with Crippen LogP contribution in [0, 0.1) is 6.92 Å². The van der Waals surface area contributed by atoms with Gasteiger partial charge in [-0.25, -0.2) is 0 Å². The third kappa shape index (κ3) is 2.90. The molecule has 0 unspecified atom stereocenters. The van der Waals surface area contributed by atoms with Crippen LogP contribution in [-0.2, 0) is 7.05 Å². The Labute approximate surface area is 123 Å². The molecular weight excluding hydrogens is 280 g/mol. The minimum absolute atomic E-state index is 0.161. The highest BCUT2D eigenvalue weighted by molar-refractivity contribution is 7.80. The Balaban J connectivity index is 2.41. The van der Waals surface area contributed by atoms with Gasteiger partial charge in [-0.2, -0.15) is 5.10 Å². The van der Waals surface area contributed by atoms with Crippen LogP contribution in [0.4, 0.5) is 0 Å². The molecule has 0 aliphatic heterocycles. The van der Waals surface area contributed by atoms with E-state index in [9.17, 15) is 0 Å². The molecule has 0 atom stereocenters. The second-order valence-corrected chi connectivity index (χ2v) is 5.56. The number of thiol groups is 1. The number of hydrogen-bond acceptors (Lipinski definition) is 3. The lowest BCUT2D eigenvalue weighted by Gasteiger charge is -2.13. The Morgan fingerprint density at radius 2 is 2.05 bits per heavy atom. The molecule has 0 N–H and O–H groups in total. The molecule has 3 nitrogen and oxygen atoms in total. The normalized spacial score (nSPS) is 11.1. The van der Waals surface area contributed by atoms with Crippen molar-refractivity contribution in [1.29, 1.82) is 0 Å². The van der Waals surface area contributed by atoms with E-state index in [1.807, 2.05) is 39.0 Å². The van der Waals surface area contributed by atoms with E-state index in [1.165, 1.54) is 0 Å². The summed E-state index contributed by atoms with van der Waals surface area (Å²) in [6, 6.07) is 5.97. The molecule has 1 aromatic carbocycles. The summed E-state index contributed by atoms with van der Waals surface area (Å²) in [4.78, 5) is 0.695. The van der Waals surface area contributed by atoms with Crippen molar-refractivity contribution in [3.8, 4) is 17.0 Å². The lowest BCUT2D eigenvalue weighted by Crippen LogP contribution is -2.06. The maximum absolute atomic E-state index is 6.09. The minimum atomic E-state index is 0.161. The van der Waals surface area contributed by atoms with Crippen molar-refractivity contribution in [3.63, 3.8) is 0 Å². The second kappa shape index (κ2) is 5.47. The lowest BCUT2D eigenvalue weighted by atomic mass is 10.1. The van der Waals surface area contributed by atoms with E-state index in [1.54, 1.807) is 11.7 Å². The van der Waals surface area contributed by atoms with Gasteiger partial charge in [-0.05, 0) is 44.5 Å². The van der Waals surface area contributed by atoms with E-state index >= 15 is 0 Å². The molecule has 0 bridgehead atoms. The second-order valence-electron chi connectivity index (χ2n) is 4.76. The van der Waals surface area contributed by atoms with Crippen LogP contribution in [0.2, 0.25) is 5.15 Å². The summed E-state index contributed by atoms with van der Waals surface area (Å²) in [6.45, 7) is 6.04. The van der Waals surface area contributed by atoms with Crippen LogP contribution in [0.25, 0.3) is 11.3 Å². The summed E-state index contributed by atoms with van der Waals surface area (Å²) < 4.78 is 7.34. The smallest absolute Gasteiger partial charge is 0.140 e. The number of aromatic nitrogens is 2. The van der Waals surface area contributed by atoms with E-state index in [2.05, 4.69) is 17.7 Å². The maximum atomic E-state index is 6.09. The van der Waals surface area contributed by atoms with Gasteiger partial charge in [0.15, 0.2) is 0 Å². The van der Waals surface area contributed by atoms with Gasteiger partial charge in [0.1, 0.15) is 16.6 Å². The molecular formula is C14H17ClN2OS. The van der Waals surface area contributed by atoms with Gasteiger partial charge in [0.2, 0.25) is 0 Å². The van der Waals surface area contributed by atoms with Crippen LogP contribution < -0.4 is 4.74 Å². The zero-order valence-corrected chi connectivity index (χ0v) is 13.1. The van der Waals surface area contributed by atoms with Crippen LogP contribution in [-0.4, -0.2) is 15.9 Å². The molecule has 0 spiro atoms. The topological polar surface area (TPSA) is 27.1 Å². The predicted octanol–water partition coefficient (Wildman–Crippen LogP) is 4.12. The zero-order valence-electron chi connectivity index (χ0n) is 11.4. The van der Waals surface area contributed by atoms with Crippen molar-refractivity contribution in [1.82, 2.24) is 9.78 Å². The summed E-state index contributed by atoms with van der Waals surface area (Å²) >= 11 is 10.5. The van der Waals surface area contributed by atoms with Crippen molar-refractivity contribution in [2.24, 2.45) is 7.05 Å². The lowest BCUT2D eigenvalue weighted by molar-refractivity contribution is 0.241. The molecule has 2 rings (SSSR count). The summed E-state index contributed by atoms with van der Waals surface area (Å²) in [5.74, 6) is 0.890. The fourth-order valence-corrected chi connectivity index (χ4v) is 2.32. The third-order valence-electron chi connectivity index (χ3n) is 2.76. The average Bonchev–Trinajstić information content (AvgIpc) is 2.59. The summed E-state index contributed by atoms with van der Waals surface area (Å²) in [5, 5.41) is 4.92. The Hall–Kier alpha value is -1.13. The Bertz CT molecular complexity index is 608. The standard InChI is InChI=1S/C14H17ClN2OS/c1-8(2)18-11-6-5-10(7-9(11)3)12-13(19)14(15)17(4)16-12/h5-8,19H,1-4H3. The molecule has 0 radical (unpaired) electrons.